The number of hydrogen-bond donors (Lipinski definition) is 3. The van der Waals surface area contributed by atoms with Crippen molar-refractivity contribution in [1.29, 1.82) is 0 Å². The average molecular weight is 299 g/mol. The molecule has 0 aliphatic carbocycles. The van der Waals surface area contributed by atoms with Crippen LogP contribution in [0.2, 0.25) is 0 Å². The number of rotatable bonds is 4. The number of urea groups is 1. The van der Waals surface area contributed by atoms with Crippen LogP contribution in [0.4, 0.5) is 16.2 Å². The van der Waals surface area contributed by atoms with Crippen molar-refractivity contribution < 1.29 is 14.3 Å². The van der Waals surface area contributed by atoms with Crippen molar-refractivity contribution in [2.75, 3.05) is 17.7 Å². The van der Waals surface area contributed by atoms with Gasteiger partial charge in [-0.2, -0.15) is 0 Å². The summed E-state index contributed by atoms with van der Waals surface area (Å²) in [6.45, 7) is 2.46. The smallest absolute Gasteiger partial charge is 0.326 e. The maximum atomic E-state index is 11.9. The second-order valence-corrected chi connectivity index (χ2v) is 4.45. The third kappa shape index (κ3) is 3.99. The van der Waals surface area contributed by atoms with Crippen LogP contribution in [0.15, 0.2) is 48.5 Å². The van der Waals surface area contributed by atoms with Gasteiger partial charge in [0.25, 0.3) is 5.91 Å². The monoisotopic (exact) mass is 299 g/mol. The van der Waals surface area contributed by atoms with E-state index in [1.54, 1.807) is 48.5 Å². The molecular weight excluding hydrogens is 282 g/mol. The number of para-hydroxylation sites is 1. The van der Waals surface area contributed by atoms with Crippen LogP contribution >= 0.6 is 0 Å². The Morgan fingerprint density at radius 1 is 1.09 bits per heavy atom. The van der Waals surface area contributed by atoms with Gasteiger partial charge in [0.05, 0.1) is 12.2 Å². The van der Waals surface area contributed by atoms with Crippen LogP contribution in [0.1, 0.15) is 17.3 Å². The molecule has 0 fully saturated rings. The summed E-state index contributed by atoms with van der Waals surface area (Å²) in [7, 11) is 0. The Kier molecular flexibility index (Phi) is 4.98. The number of nitrogens with one attached hydrogen (secondary N) is 2. The molecule has 0 saturated heterocycles. The molecule has 2 aromatic rings. The van der Waals surface area contributed by atoms with E-state index in [1.807, 2.05) is 6.92 Å². The molecule has 0 aromatic heterocycles. The van der Waals surface area contributed by atoms with Gasteiger partial charge < -0.3 is 15.8 Å². The van der Waals surface area contributed by atoms with E-state index < -0.39 is 11.9 Å². The van der Waals surface area contributed by atoms with Gasteiger partial charge >= 0.3 is 6.03 Å². The lowest BCUT2D eigenvalue weighted by Crippen LogP contribution is -2.34. The van der Waals surface area contributed by atoms with E-state index in [2.05, 4.69) is 10.6 Å². The maximum absolute atomic E-state index is 11.9. The molecule has 0 aliphatic rings. The second kappa shape index (κ2) is 7.12. The molecule has 6 nitrogen and oxygen atoms in total. The first-order chi connectivity index (χ1) is 10.6. The van der Waals surface area contributed by atoms with E-state index in [0.29, 0.717) is 23.7 Å². The number of anilines is 2. The number of nitrogens with two attached hydrogens (primary N) is 1. The molecule has 0 atom stereocenters. The minimum Gasteiger partial charge on any atom is -0.494 e. The van der Waals surface area contributed by atoms with Gasteiger partial charge in [0.2, 0.25) is 0 Å². The molecule has 0 heterocycles. The molecule has 22 heavy (non-hydrogen) atoms. The fourth-order valence-corrected chi connectivity index (χ4v) is 1.84. The van der Waals surface area contributed by atoms with E-state index in [9.17, 15) is 9.59 Å². The number of hydrogen-bond acceptors (Lipinski definition) is 4. The maximum Gasteiger partial charge on any atom is 0.326 e. The molecule has 4 N–H and O–H groups in total. The van der Waals surface area contributed by atoms with Crippen molar-refractivity contribution in [3.63, 3.8) is 0 Å². The van der Waals surface area contributed by atoms with Gasteiger partial charge in [-0.15, -0.1) is 0 Å². The summed E-state index contributed by atoms with van der Waals surface area (Å²) in [5.74, 6) is 0.156. The first-order valence-electron chi connectivity index (χ1n) is 6.80. The zero-order valence-electron chi connectivity index (χ0n) is 12.1. The molecule has 0 aliphatic heterocycles. The van der Waals surface area contributed by atoms with E-state index in [0.717, 1.165) is 0 Å². The van der Waals surface area contributed by atoms with Gasteiger partial charge in [0.1, 0.15) is 5.75 Å². The van der Waals surface area contributed by atoms with Crippen molar-refractivity contribution in [3.05, 3.63) is 54.1 Å². The Morgan fingerprint density at radius 3 is 2.41 bits per heavy atom. The molecule has 2 rings (SSSR count). The quantitative estimate of drug-likeness (QED) is 0.756. The van der Waals surface area contributed by atoms with Crippen molar-refractivity contribution >= 4 is 23.3 Å². The summed E-state index contributed by atoms with van der Waals surface area (Å²) >= 11 is 0. The fraction of sp³-hybridized carbons (Fsp3) is 0.125. The summed E-state index contributed by atoms with van der Waals surface area (Å²) in [5.41, 5.74) is 6.81. The zero-order chi connectivity index (χ0) is 15.9. The van der Waals surface area contributed by atoms with Gasteiger partial charge in [0.15, 0.2) is 0 Å². The fourth-order valence-electron chi connectivity index (χ4n) is 1.84. The summed E-state index contributed by atoms with van der Waals surface area (Å²) in [6.07, 6.45) is 0. The Labute approximate surface area is 128 Å². The standard InChI is InChI=1S/C16H17N3O3/c1-2-22-12-9-7-11(8-10-12)18-16(21)19-15(20)13-5-3-4-6-14(13)17/h3-10H,2,17H2,1H3,(H2,18,19,20,21). The van der Waals surface area contributed by atoms with Crippen LogP contribution in [0.5, 0.6) is 5.75 Å². The number of carbonyl (C=O) groups is 2. The molecular formula is C16H17N3O3. The lowest BCUT2D eigenvalue weighted by atomic mass is 10.2. The van der Waals surface area contributed by atoms with Gasteiger partial charge in [-0.3, -0.25) is 10.1 Å². The van der Waals surface area contributed by atoms with Gasteiger partial charge in [-0.1, -0.05) is 12.1 Å². The lowest BCUT2D eigenvalue weighted by molar-refractivity contribution is 0.0968. The summed E-state index contributed by atoms with van der Waals surface area (Å²) < 4.78 is 5.31. The molecule has 2 aromatic carbocycles. The first kappa shape index (κ1) is 15.4. The Bertz CT molecular complexity index is 669. The van der Waals surface area contributed by atoms with Crippen molar-refractivity contribution in [2.24, 2.45) is 0 Å². The number of imide groups is 1. The Balaban J connectivity index is 1.95. The van der Waals surface area contributed by atoms with Gasteiger partial charge in [0, 0.05) is 11.4 Å². The van der Waals surface area contributed by atoms with Gasteiger partial charge in [-0.05, 0) is 43.3 Å². The Morgan fingerprint density at radius 2 is 1.77 bits per heavy atom. The zero-order valence-corrected chi connectivity index (χ0v) is 12.1. The average Bonchev–Trinajstić information content (AvgIpc) is 2.50. The van der Waals surface area contributed by atoms with Crippen LogP contribution < -0.4 is 21.1 Å². The van der Waals surface area contributed by atoms with Crippen molar-refractivity contribution in [1.82, 2.24) is 5.32 Å². The minimum absolute atomic E-state index is 0.254. The number of nitrogen functional groups attached to an aromatic ring is 1. The van der Waals surface area contributed by atoms with Crippen LogP contribution in [0.25, 0.3) is 0 Å². The third-order valence-electron chi connectivity index (χ3n) is 2.86. The summed E-state index contributed by atoms with van der Waals surface area (Å²) in [5, 5.41) is 4.79. The molecule has 6 heteroatoms. The highest BCUT2D eigenvalue weighted by Gasteiger charge is 2.12. The van der Waals surface area contributed by atoms with Crippen molar-refractivity contribution in [2.45, 2.75) is 6.92 Å². The third-order valence-corrected chi connectivity index (χ3v) is 2.86. The molecule has 0 spiro atoms. The van der Waals surface area contributed by atoms with Crippen LogP contribution in [0, 0.1) is 0 Å². The van der Waals surface area contributed by atoms with Crippen LogP contribution in [-0.4, -0.2) is 18.5 Å². The Hall–Kier alpha value is -3.02. The van der Waals surface area contributed by atoms with E-state index >= 15 is 0 Å². The SMILES string of the molecule is CCOc1ccc(NC(=O)NC(=O)c2ccccc2N)cc1. The van der Waals surface area contributed by atoms with E-state index in [4.69, 9.17) is 10.5 Å². The predicted molar refractivity (Wildman–Crippen MR) is 85.0 cm³/mol. The molecule has 0 unspecified atom stereocenters. The second-order valence-electron chi connectivity index (χ2n) is 4.45. The highest BCUT2D eigenvalue weighted by molar-refractivity contribution is 6.10. The first-order valence-corrected chi connectivity index (χ1v) is 6.80. The predicted octanol–water partition coefficient (Wildman–Crippen LogP) is 2.63. The molecule has 0 saturated carbocycles. The largest absolute Gasteiger partial charge is 0.494 e. The number of carbonyl (C=O) groups excluding carboxylic acids is 2. The summed E-state index contributed by atoms with van der Waals surface area (Å²) in [4.78, 5) is 23.7. The van der Waals surface area contributed by atoms with Crippen LogP contribution in [-0.2, 0) is 0 Å². The molecule has 114 valence electrons. The highest BCUT2D eigenvalue weighted by atomic mass is 16.5. The normalized spacial score (nSPS) is 9.86. The van der Waals surface area contributed by atoms with Crippen molar-refractivity contribution in [3.8, 4) is 5.75 Å². The van der Waals surface area contributed by atoms with E-state index in [1.165, 1.54) is 0 Å². The molecule has 0 radical (unpaired) electrons. The van der Waals surface area contributed by atoms with Gasteiger partial charge in [-0.25, -0.2) is 4.79 Å². The minimum atomic E-state index is -0.627. The molecule has 0 bridgehead atoms. The number of amides is 3. The van der Waals surface area contributed by atoms with E-state index in [-0.39, 0.29) is 5.56 Å². The number of ether oxygens (including phenoxy) is 1. The molecule has 3 amide bonds. The lowest BCUT2D eigenvalue weighted by Gasteiger charge is -2.09. The topological polar surface area (TPSA) is 93.5 Å². The number of benzene rings is 2. The highest BCUT2D eigenvalue weighted by Crippen LogP contribution is 2.15. The summed E-state index contributed by atoms with van der Waals surface area (Å²) in [6, 6.07) is 12.7. The van der Waals surface area contributed by atoms with Crippen LogP contribution in [0.3, 0.4) is 0 Å².